The van der Waals surface area contributed by atoms with Crippen molar-refractivity contribution in [1.82, 2.24) is 19.8 Å². The van der Waals surface area contributed by atoms with Crippen LogP contribution in [0.15, 0.2) is 24.5 Å². The van der Waals surface area contributed by atoms with E-state index >= 15 is 0 Å². The zero-order valence-electron chi connectivity index (χ0n) is 14.0. The van der Waals surface area contributed by atoms with Crippen LogP contribution in [0.25, 0.3) is 0 Å². The van der Waals surface area contributed by atoms with Gasteiger partial charge in [0.05, 0.1) is 5.69 Å². The van der Waals surface area contributed by atoms with Gasteiger partial charge in [-0.05, 0) is 25.0 Å². The van der Waals surface area contributed by atoms with E-state index in [1.165, 1.54) is 11.3 Å². The van der Waals surface area contributed by atoms with Crippen LogP contribution in [0.2, 0.25) is 0 Å². The second kappa shape index (κ2) is 6.92. The fourth-order valence-corrected chi connectivity index (χ4v) is 4.45. The van der Waals surface area contributed by atoms with Gasteiger partial charge in [-0.1, -0.05) is 0 Å². The summed E-state index contributed by atoms with van der Waals surface area (Å²) in [6.45, 7) is 2.98. The molecule has 2 aliphatic heterocycles. The van der Waals surface area contributed by atoms with Gasteiger partial charge in [0, 0.05) is 61.9 Å². The standard InChI is InChI=1S/C18H20N4O2S/c23-17(13-3-7-19-8-4-13)22-11-5-14-15(6-12-22)25-16(20-14)18(24)21-9-1-2-10-21/h3-4,7-8H,1-2,5-6,9-12H2. The van der Waals surface area contributed by atoms with E-state index in [1.54, 1.807) is 24.5 Å². The second-order valence-electron chi connectivity index (χ2n) is 6.42. The lowest BCUT2D eigenvalue weighted by molar-refractivity contribution is 0.0759. The molecule has 0 N–H and O–H groups in total. The molecule has 2 aromatic heterocycles. The van der Waals surface area contributed by atoms with E-state index in [0.717, 1.165) is 42.9 Å². The molecular weight excluding hydrogens is 336 g/mol. The number of rotatable bonds is 2. The Morgan fingerprint density at radius 1 is 0.920 bits per heavy atom. The molecule has 0 aliphatic carbocycles. The number of carbonyl (C=O) groups excluding carboxylic acids is 2. The molecule has 1 saturated heterocycles. The van der Waals surface area contributed by atoms with Crippen LogP contribution in [-0.2, 0) is 12.8 Å². The fraction of sp³-hybridized carbons (Fsp3) is 0.444. The van der Waals surface area contributed by atoms with Gasteiger partial charge < -0.3 is 9.80 Å². The molecule has 0 spiro atoms. The van der Waals surface area contributed by atoms with Crippen molar-refractivity contribution in [3.63, 3.8) is 0 Å². The maximum atomic E-state index is 12.6. The van der Waals surface area contributed by atoms with Crippen molar-refractivity contribution in [3.8, 4) is 0 Å². The number of nitrogens with zero attached hydrogens (tertiary/aromatic N) is 4. The number of fused-ring (bicyclic) bond motifs is 1. The molecule has 0 aromatic carbocycles. The first kappa shape index (κ1) is 16.2. The summed E-state index contributed by atoms with van der Waals surface area (Å²) >= 11 is 1.50. The number of amides is 2. The van der Waals surface area contributed by atoms with Crippen LogP contribution >= 0.6 is 11.3 Å². The third-order valence-corrected chi connectivity index (χ3v) is 5.94. The highest BCUT2D eigenvalue weighted by atomic mass is 32.1. The Hall–Kier alpha value is -2.28. The van der Waals surface area contributed by atoms with Gasteiger partial charge in [0.1, 0.15) is 0 Å². The minimum absolute atomic E-state index is 0.0333. The molecule has 2 aliphatic rings. The summed E-state index contributed by atoms with van der Waals surface area (Å²) in [6, 6.07) is 3.49. The van der Waals surface area contributed by atoms with Crippen molar-refractivity contribution in [3.05, 3.63) is 45.7 Å². The summed E-state index contributed by atoms with van der Waals surface area (Å²) < 4.78 is 0. The van der Waals surface area contributed by atoms with E-state index in [9.17, 15) is 9.59 Å². The molecular formula is C18H20N4O2S. The van der Waals surface area contributed by atoms with E-state index in [0.29, 0.717) is 30.1 Å². The molecule has 0 unspecified atom stereocenters. The Labute approximate surface area is 150 Å². The Bertz CT molecular complexity index is 758. The van der Waals surface area contributed by atoms with Gasteiger partial charge in [0.2, 0.25) is 0 Å². The van der Waals surface area contributed by atoms with Crippen molar-refractivity contribution in [1.29, 1.82) is 0 Å². The molecule has 2 amide bonds. The summed E-state index contributed by atoms with van der Waals surface area (Å²) in [6.07, 6.45) is 6.91. The molecule has 6 nitrogen and oxygen atoms in total. The molecule has 130 valence electrons. The summed E-state index contributed by atoms with van der Waals surface area (Å²) in [4.78, 5) is 38.6. The molecule has 1 fully saturated rings. The first-order valence-electron chi connectivity index (χ1n) is 8.69. The van der Waals surface area contributed by atoms with Crippen LogP contribution in [0.5, 0.6) is 0 Å². The molecule has 0 atom stereocenters. The van der Waals surface area contributed by atoms with Crippen molar-refractivity contribution in [2.45, 2.75) is 25.7 Å². The van der Waals surface area contributed by atoms with Crippen LogP contribution in [0, 0.1) is 0 Å². The van der Waals surface area contributed by atoms with E-state index in [1.807, 2.05) is 9.80 Å². The number of aromatic nitrogens is 2. The fourth-order valence-electron chi connectivity index (χ4n) is 3.39. The van der Waals surface area contributed by atoms with Crippen molar-refractivity contribution >= 4 is 23.2 Å². The second-order valence-corrected chi connectivity index (χ2v) is 7.50. The highest BCUT2D eigenvalue weighted by Gasteiger charge is 2.27. The molecule has 0 bridgehead atoms. The van der Waals surface area contributed by atoms with Crippen molar-refractivity contribution < 1.29 is 9.59 Å². The maximum Gasteiger partial charge on any atom is 0.282 e. The van der Waals surface area contributed by atoms with Crippen molar-refractivity contribution in [2.75, 3.05) is 26.2 Å². The summed E-state index contributed by atoms with van der Waals surface area (Å²) in [5, 5.41) is 0.612. The van der Waals surface area contributed by atoms with Gasteiger partial charge in [0.15, 0.2) is 5.01 Å². The minimum atomic E-state index is 0.0333. The first-order valence-corrected chi connectivity index (χ1v) is 9.51. The minimum Gasteiger partial charge on any atom is -0.338 e. The first-order chi connectivity index (χ1) is 12.2. The quantitative estimate of drug-likeness (QED) is 0.826. The predicted octanol–water partition coefficient (Wildman–Crippen LogP) is 2.02. The predicted molar refractivity (Wildman–Crippen MR) is 94.8 cm³/mol. The Kier molecular flexibility index (Phi) is 4.48. The van der Waals surface area contributed by atoms with E-state index < -0.39 is 0 Å². The lowest BCUT2D eigenvalue weighted by Crippen LogP contribution is -2.33. The van der Waals surface area contributed by atoms with E-state index in [4.69, 9.17) is 0 Å². The number of thiazole rings is 1. The number of pyridine rings is 1. The van der Waals surface area contributed by atoms with Crippen LogP contribution in [-0.4, -0.2) is 57.8 Å². The van der Waals surface area contributed by atoms with Gasteiger partial charge in [0.25, 0.3) is 11.8 Å². The number of hydrogen-bond acceptors (Lipinski definition) is 5. The smallest absolute Gasteiger partial charge is 0.282 e. The van der Waals surface area contributed by atoms with Crippen LogP contribution in [0.4, 0.5) is 0 Å². The maximum absolute atomic E-state index is 12.6. The molecule has 2 aromatic rings. The van der Waals surface area contributed by atoms with Crippen LogP contribution < -0.4 is 0 Å². The Morgan fingerprint density at radius 2 is 1.60 bits per heavy atom. The summed E-state index contributed by atoms with van der Waals surface area (Å²) in [5.74, 6) is 0.103. The van der Waals surface area contributed by atoms with E-state index in [-0.39, 0.29) is 11.8 Å². The molecule has 0 radical (unpaired) electrons. The van der Waals surface area contributed by atoms with Gasteiger partial charge in [-0.15, -0.1) is 11.3 Å². The number of carbonyl (C=O) groups is 2. The molecule has 0 saturated carbocycles. The summed E-state index contributed by atoms with van der Waals surface area (Å²) in [7, 11) is 0. The Morgan fingerprint density at radius 3 is 2.36 bits per heavy atom. The van der Waals surface area contributed by atoms with Crippen LogP contribution in [0.3, 0.4) is 0 Å². The molecule has 25 heavy (non-hydrogen) atoms. The highest BCUT2D eigenvalue weighted by Crippen LogP contribution is 2.25. The topological polar surface area (TPSA) is 66.4 Å². The lowest BCUT2D eigenvalue weighted by atomic mass is 10.2. The molecule has 7 heteroatoms. The van der Waals surface area contributed by atoms with Crippen molar-refractivity contribution in [2.24, 2.45) is 0 Å². The SMILES string of the molecule is O=C(c1ccncc1)N1CCc2nc(C(=O)N3CCCC3)sc2CC1. The normalized spacial score (nSPS) is 17.3. The van der Waals surface area contributed by atoms with Gasteiger partial charge in [-0.25, -0.2) is 4.98 Å². The Balaban J connectivity index is 1.45. The van der Waals surface area contributed by atoms with Crippen LogP contribution in [0.1, 0.15) is 43.6 Å². The number of hydrogen-bond donors (Lipinski definition) is 0. The third-order valence-electron chi connectivity index (χ3n) is 4.80. The zero-order chi connectivity index (χ0) is 17.2. The zero-order valence-corrected chi connectivity index (χ0v) is 14.8. The lowest BCUT2D eigenvalue weighted by Gasteiger charge is -2.20. The van der Waals surface area contributed by atoms with E-state index in [2.05, 4.69) is 9.97 Å². The molecule has 4 rings (SSSR count). The monoisotopic (exact) mass is 356 g/mol. The average Bonchev–Trinajstić information content (AvgIpc) is 3.28. The number of likely N-dealkylation sites (tertiary alicyclic amines) is 1. The van der Waals surface area contributed by atoms with Gasteiger partial charge in [-0.2, -0.15) is 0 Å². The molecule has 4 heterocycles. The summed E-state index contributed by atoms with van der Waals surface area (Å²) in [5.41, 5.74) is 1.65. The largest absolute Gasteiger partial charge is 0.338 e. The highest BCUT2D eigenvalue weighted by molar-refractivity contribution is 7.13. The third kappa shape index (κ3) is 3.28. The van der Waals surface area contributed by atoms with Gasteiger partial charge in [-0.3, -0.25) is 14.6 Å². The average molecular weight is 356 g/mol. The van der Waals surface area contributed by atoms with Gasteiger partial charge >= 0.3 is 0 Å².